The zero-order valence-electron chi connectivity index (χ0n) is 15.6. The molecule has 4 rings (SSSR count). The number of piperazine rings is 1. The van der Waals surface area contributed by atoms with Gasteiger partial charge in [-0.15, -0.1) is 0 Å². The van der Waals surface area contributed by atoms with Crippen LogP contribution < -0.4 is 14.8 Å². The predicted octanol–water partition coefficient (Wildman–Crippen LogP) is 0.554. The van der Waals surface area contributed by atoms with Gasteiger partial charge in [0.25, 0.3) is 5.82 Å². The van der Waals surface area contributed by atoms with Crippen molar-refractivity contribution < 1.29 is 23.2 Å². The van der Waals surface area contributed by atoms with Gasteiger partial charge in [-0.25, -0.2) is 13.4 Å². The Bertz CT molecular complexity index is 906. The van der Waals surface area contributed by atoms with Crippen molar-refractivity contribution in [1.82, 2.24) is 4.31 Å². The molecule has 2 aromatic rings. The first kappa shape index (κ1) is 19.0. The van der Waals surface area contributed by atoms with E-state index in [1.165, 1.54) is 4.31 Å². The summed E-state index contributed by atoms with van der Waals surface area (Å²) in [5, 5.41) is 10.0. The molecule has 2 fully saturated rings. The first-order chi connectivity index (χ1) is 13.6. The Kier molecular flexibility index (Phi) is 5.38. The highest BCUT2D eigenvalue weighted by Gasteiger charge is 2.29. The maximum atomic E-state index is 12.7. The van der Waals surface area contributed by atoms with Crippen molar-refractivity contribution in [3.63, 3.8) is 0 Å². The van der Waals surface area contributed by atoms with Gasteiger partial charge in [-0.05, 0) is 18.2 Å². The van der Waals surface area contributed by atoms with E-state index in [0.717, 1.165) is 37.7 Å². The molecule has 2 aliphatic heterocycles. The van der Waals surface area contributed by atoms with Crippen LogP contribution >= 0.6 is 0 Å². The van der Waals surface area contributed by atoms with Crippen LogP contribution in [0, 0.1) is 0 Å². The molecule has 28 heavy (non-hydrogen) atoms. The Morgan fingerprint density at radius 2 is 1.57 bits per heavy atom. The SMILES string of the molecule is O=S(=O)(c1ccc(N2CCN(c3ccccc3O)CC2)[nH+]c1)N1CCOCC1. The maximum Gasteiger partial charge on any atom is 0.274 e. The zero-order chi connectivity index (χ0) is 19.6. The lowest BCUT2D eigenvalue weighted by atomic mass is 10.2. The fourth-order valence-corrected chi connectivity index (χ4v) is 4.99. The molecule has 0 spiro atoms. The minimum atomic E-state index is -3.49. The summed E-state index contributed by atoms with van der Waals surface area (Å²) in [5.41, 5.74) is 0.845. The third kappa shape index (κ3) is 3.78. The van der Waals surface area contributed by atoms with Crippen LogP contribution in [0.15, 0.2) is 47.5 Å². The summed E-state index contributed by atoms with van der Waals surface area (Å²) < 4.78 is 32.1. The van der Waals surface area contributed by atoms with Crippen molar-refractivity contribution in [2.24, 2.45) is 0 Å². The van der Waals surface area contributed by atoms with Gasteiger partial charge < -0.3 is 14.7 Å². The summed E-state index contributed by atoms with van der Waals surface area (Å²) in [6, 6.07) is 10.8. The van der Waals surface area contributed by atoms with Crippen LogP contribution in [-0.4, -0.2) is 70.3 Å². The van der Waals surface area contributed by atoms with Crippen LogP contribution in [0.25, 0.3) is 0 Å². The van der Waals surface area contributed by atoms with Gasteiger partial charge in [0.15, 0.2) is 0 Å². The second-order valence-electron chi connectivity index (χ2n) is 6.89. The largest absolute Gasteiger partial charge is 0.506 e. The average Bonchev–Trinajstić information content (AvgIpc) is 2.75. The van der Waals surface area contributed by atoms with E-state index in [2.05, 4.69) is 14.8 Å². The topological polar surface area (TPSA) is 87.5 Å². The number of aromatic amines is 1. The molecule has 2 N–H and O–H groups in total. The lowest BCUT2D eigenvalue weighted by Crippen LogP contribution is -2.48. The highest BCUT2D eigenvalue weighted by atomic mass is 32.2. The smallest absolute Gasteiger partial charge is 0.274 e. The van der Waals surface area contributed by atoms with Crippen LogP contribution in [0.5, 0.6) is 5.75 Å². The fraction of sp³-hybridized carbons (Fsp3) is 0.421. The number of para-hydroxylation sites is 2. The van der Waals surface area contributed by atoms with Crippen molar-refractivity contribution >= 4 is 21.5 Å². The molecule has 9 heteroatoms. The lowest BCUT2D eigenvalue weighted by molar-refractivity contribution is -0.367. The Labute approximate surface area is 165 Å². The number of phenolic OH excluding ortho intramolecular Hbond substituents is 1. The first-order valence-electron chi connectivity index (χ1n) is 9.43. The first-order valence-corrected chi connectivity index (χ1v) is 10.9. The fourth-order valence-electron chi connectivity index (χ4n) is 3.62. The van der Waals surface area contributed by atoms with E-state index in [1.807, 2.05) is 24.3 Å². The van der Waals surface area contributed by atoms with Gasteiger partial charge in [0.05, 0.1) is 32.0 Å². The molecule has 0 saturated carbocycles. The number of hydrogen-bond donors (Lipinski definition) is 1. The van der Waals surface area contributed by atoms with Gasteiger partial charge in [0.2, 0.25) is 10.0 Å². The molecule has 1 aromatic carbocycles. The van der Waals surface area contributed by atoms with Gasteiger partial charge in [-0.3, -0.25) is 4.90 Å². The Balaban J connectivity index is 1.42. The number of H-pyrrole nitrogens is 1. The highest BCUT2D eigenvalue weighted by molar-refractivity contribution is 7.89. The molecule has 3 heterocycles. The molecule has 2 aliphatic rings. The Morgan fingerprint density at radius 3 is 2.21 bits per heavy atom. The van der Waals surface area contributed by atoms with E-state index in [4.69, 9.17) is 4.74 Å². The number of hydrogen-bond acceptors (Lipinski definition) is 6. The van der Waals surface area contributed by atoms with E-state index in [0.29, 0.717) is 32.1 Å². The molecule has 150 valence electrons. The number of aromatic nitrogens is 1. The lowest BCUT2D eigenvalue weighted by Gasteiger charge is -2.32. The Hall–Kier alpha value is -2.36. The minimum absolute atomic E-state index is 0.269. The summed E-state index contributed by atoms with van der Waals surface area (Å²) in [6.45, 7) is 4.75. The molecule has 0 bridgehead atoms. The molecular weight excluding hydrogens is 380 g/mol. The average molecular weight is 406 g/mol. The zero-order valence-corrected chi connectivity index (χ0v) is 16.4. The van der Waals surface area contributed by atoms with Crippen LogP contribution in [0.4, 0.5) is 11.5 Å². The number of nitrogens with zero attached hydrogens (tertiary/aromatic N) is 3. The number of anilines is 2. The third-order valence-electron chi connectivity index (χ3n) is 5.22. The summed E-state index contributed by atoms with van der Waals surface area (Å²) in [6.07, 6.45) is 1.57. The van der Waals surface area contributed by atoms with Crippen molar-refractivity contribution in [3.05, 3.63) is 42.6 Å². The number of phenols is 1. The van der Waals surface area contributed by atoms with Crippen molar-refractivity contribution in [3.8, 4) is 5.75 Å². The quantitative estimate of drug-likeness (QED) is 0.800. The third-order valence-corrected chi connectivity index (χ3v) is 7.11. The van der Waals surface area contributed by atoms with Gasteiger partial charge >= 0.3 is 0 Å². The minimum Gasteiger partial charge on any atom is -0.506 e. The number of nitrogens with one attached hydrogen (secondary N) is 1. The highest BCUT2D eigenvalue weighted by Crippen LogP contribution is 2.27. The Morgan fingerprint density at radius 1 is 0.893 bits per heavy atom. The van der Waals surface area contributed by atoms with E-state index in [1.54, 1.807) is 18.3 Å². The van der Waals surface area contributed by atoms with E-state index in [9.17, 15) is 13.5 Å². The van der Waals surface area contributed by atoms with Crippen LogP contribution in [0.1, 0.15) is 0 Å². The van der Waals surface area contributed by atoms with E-state index in [-0.39, 0.29) is 4.90 Å². The summed E-state index contributed by atoms with van der Waals surface area (Å²) >= 11 is 0. The normalized spacial score (nSPS) is 19.0. The molecule has 0 unspecified atom stereocenters. The summed E-state index contributed by atoms with van der Waals surface area (Å²) in [7, 11) is -3.49. The predicted molar refractivity (Wildman–Crippen MR) is 105 cm³/mol. The molecule has 0 aliphatic carbocycles. The molecule has 1 aromatic heterocycles. The molecule has 8 nitrogen and oxygen atoms in total. The van der Waals surface area contributed by atoms with E-state index < -0.39 is 10.0 Å². The monoisotopic (exact) mass is 405 g/mol. The maximum absolute atomic E-state index is 12.7. The van der Waals surface area contributed by atoms with Crippen molar-refractivity contribution in [2.75, 3.05) is 62.3 Å². The van der Waals surface area contributed by atoms with E-state index >= 15 is 0 Å². The second kappa shape index (κ2) is 7.94. The summed E-state index contributed by atoms with van der Waals surface area (Å²) in [4.78, 5) is 7.75. The van der Waals surface area contributed by atoms with Gasteiger partial charge in [-0.1, -0.05) is 12.1 Å². The van der Waals surface area contributed by atoms with Crippen LogP contribution in [0.3, 0.4) is 0 Å². The molecular formula is C19H25N4O4S+. The van der Waals surface area contributed by atoms with Crippen LogP contribution in [0.2, 0.25) is 0 Å². The second-order valence-corrected chi connectivity index (χ2v) is 8.83. The number of benzene rings is 1. The number of ether oxygens (including phenoxy) is 1. The standard InChI is InChI=1S/C19H24N4O4S/c24-18-4-2-1-3-17(18)21-7-9-22(10-8-21)19-6-5-16(15-20-19)28(25,26)23-11-13-27-14-12-23/h1-6,15,24H,7-14H2/p+1. The van der Waals surface area contributed by atoms with Crippen LogP contribution in [-0.2, 0) is 14.8 Å². The van der Waals surface area contributed by atoms with Gasteiger partial charge in [0.1, 0.15) is 29.9 Å². The summed E-state index contributed by atoms with van der Waals surface area (Å²) in [5.74, 6) is 1.18. The number of sulfonamides is 1. The molecule has 0 atom stereocenters. The van der Waals surface area contributed by atoms with Gasteiger partial charge in [-0.2, -0.15) is 4.31 Å². The van der Waals surface area contributed by atoms with Crippen molar-refractivity contribution in [1.29, 1.82) is 0 Å². The molecule has 2 saturated heterocycles. The number of pyridine rings is 1. The van der Waals surface area contributed by atoms with Gasteiger partial charge in [0, 0.05) is 19.2 Å². The molecule has 0 amide bonds. The molecule has 0 radical (unpaired) electrons. The number of morpholine rings is 1. The number of aromatic hydroxyl groups is 1. The number of rotatable bonds is 4. The van der Waals surface area contributed by atoms with Crippen molar-refractivity contribution in [2.45, 2.75) is 4.90 Å².